The highest BCUT2D eigenvalue weighted by Crippen LogP contribution is 2.22. The van der Waals surface area contributed by atoms with Gasteiger partial charge >= 0.3 is 0 Å². The van der Waals surface area contributed by atoms with Crippen LogP contribution in [-0.4, -0.2) is 35.1 Å². The Morgan fingerprint density at radius 3 is 3.07 bits per heavy atom. The molecule has 0 saturated carbocycles. The second-order valence-electron chi connectivity index (χ2n) is 4.59. The first-order chi connectivity index (χ1) is 7.16. The van der Waals surface area contributed by atoms with Gasteiger partial charge in [-0.1, -0.05) is 0 Å². The maximum Gasteiger partial charge on any atom is 0.125 e. The van der Waals surface area contributed by atoms with Crippen molar-refractivity contribution in [2.24, 2.45) is 5.73 Å². The number of likely N-dealkylation sites (N-methyl/N-ethyl adjacent to an activating group) is 1. The molecule has 0 amide bonds. The molecule has 2 heterocycles. The predicted molar refractivity (Wildman–Crippen MR) is 60.6 cm³/mol. The van der Waals surface area contributed by atoms with E-state index in [-0.39, 0.29) is 6.04 Å². The Labute approximate surface area is 91.1 Å². The van der Waals surface area contributed by atoms with Gasteiger partial charge in [-0.2, -0.15) is 0 Å². The van der Waals surface area contributed by atoms with Gasteiger partial charge in [0, 0.05) is 25.7 Å². The molecule has 0 saturated heterocycles. The normalized spacial score (nSPS) is 20.7. The highest BCUT2D eigenvalue weighted by atomic mass is 15.1. The Morgan fingerprint density at radius 1 is 1.60 bits per heavy atom. The lowest BCUT2D eigenvalue weighted by molar-refractivity contribution is 0.412. The zero-order valence-electron chi connectivity index (χ0n) is 9.61. The van der Waals surface area contributed by atoms with Gasteiger partial charge in [0.05, 0.1) is 11.7 Å². The van der Waals surface area contributed by atoms with E-state index in [1.807, 2.05) is 0 Å². The summed E-state index contributed by atoms with van der Waals surface area (Å²) in [5.74, 6) is 1.08. The van der Waals surface area contributed by atoms with E-state index >= 15 is 0 Å². The third-order valence-electron chi connectivity index (χ3n) is 2.92. The average Bonchev–Trinajstić information content (AvgIpc) is 2.59. The molecule has 0 spiro atoms. The van der Waals surface area contributed by atoms with E-state index in [9.17, 15) is 0 Å². The van der Waals surface area contributed by atoms with Crippen LogP contribution in [0.5, 0.6) is 0 Å². The average molecular weight is 208 g/mol. The van der Waals surface area contributed by atoms with Gasteiger partial charge < -0.3 is 15.2 Å². The SMILES string of the molecule is CN(C)CCc1cn2c(n1)C(N)CCC2. The molecule has 1 atom stereocenters. The van der Waals surface area contributed by atoms with Crippen molar-refractivity contribution in [3.8, 4) is 0 Å². The molecule has 0 aromatic carbocycles. The number of rotatable bonds is 3. The van der Waals surface area contributed by atoms with Crippen molar-refractivity contribution in [1.29, 1.82) is 0 Å². The number of hydrogen-bond donors (Lipinski definition) is 1. The zero-order chi connectivity index (χ0) is 10.8. The van der Waals surface area contributed by atoms with Crippen LogP contribution in [0, 0.1) is 0 Å². The van der Waals surface area contributed by atoms with Gasteiger partial charge in [0.15, 0.2) is 0 Å². The predicted octanol–water partition coefficient (Wildman–Crippen LogP) is 0.781. The number of aromatic nitrogens is 2. The van der Waals surface area contributed by atoms with E-state index in [2.05, 4.69) is 34.7 Å². The Morgan fingerprint density at radius 2 is 2.40 bits per heavy atom. The monoisotopic (exact) mass is 208 g/mol. The van der Waals surface area contributed by atoms with E-state index < -0.39 is 0 Å². The minimum atomic E-state index is 0.145. The fourth-order valence-electron chi connectivity index (χ4n) is 2.03. The first kappa shape index (κ1) is 10.6. The van der Waals surface area contributed by atoms with Crippen molar-refractivity contribution in [1.82, 2.24) is 14.5 Å². The van der Waals surface area contributed by atoms with E-state index in [0.717, 1.165) is 31.8 Å². The molecular formula is C11H20N4. The molecule has 1 aliphatic rings. The maximum atomic E-state index is 6.02. The standard InChI is InChI=1S/C11H20N4/c1-14(2)7-5-9-8-15-6-3-4-10(12)11(15)13-9/h8,10H,3-7,12H2,1-2H3. The van der Waals surface area contributed by atoms with Crippen LogP contribution in [0.25, 0.3) is 0 Å². The van der Waals surface area contributed by atoms with E-state index in [4.69, 9.17) is 5.73 Å². The smallest absolute Gasteiger partial charge is 0.125 e. The number of aryl methyl sites for hydroxylation is 1. The van der Waals surface area contributed by atoms with E-state index in [0.29, 0.717) is 0 Å². The molecule has 4 nitrogen and oxygen atoms in total. The van der Waals surface area contributed by atoms with Gasteiger partial charge in [-0.15, -0.1) is 0 Å². The summed E-state index contributed by atoms with van der Waals surface area (Å²) in [7, 11) is 4.17. The highest BCUT2D eigenvalue weighted by Gasteiger charge is 2.19. The van der Waals surface area contributed by atoms with Crippen LogP contribution in [0.3, 0.4) is 0 Å². The molecule has 1 aromatic rings. The Balaban J connectivity index is 2.08. The number of nitrogens with zero attached hydrogens (tertiary/aromatic N) is 3. The minimum absolute atomic E-state index is 0.145. The van der Waals surface area contributed by atoms with Crippen LogP contribution in [0.15, 0.2) is 6.20 Å². The third-order valence-corrected chi connectivity index (χ3v) is 2.92. The molecule has 84 valence electrons. The molecular weight excluding hydrogens is 188 g/mol. The summed E-state index contributed by atoms with van der Waals surface area (Å²) >= 11 is 0. The molecule has 0 aliphatic carbocycles. The van der Waals surface area contributed by atoms with Crippen LogP contribution in [0.2, 0.25) is 0 Å². The third kappa shape index (κ3) is 2.38. The molecule has 2 N–H and O–H groups in total. The lowest BCUT2D eigenvalue weighted by Crippen LogP contribution is -2.21. The van der Waals surface area contributed by atoms with Crippen molar-refractivity contribution in [2.45, 2.75) is 31.8 Å². The highest BCUT2D eigenvalue weighted by molar-refractivity contribution is 5.09. The van der Waals surface area contributed by atoms with Gasteiger partial charge in [0.25, 0.3) is 0 Å². The number of nitrogens with two attached hydrogens (primary N) is 1. The number of imidazole rings is 1. The Kier molecular flexibility index (Phi) is 3.07. The van der Waals surface area contributed by atoms with Gasteiger partial charge in [0.2, 0.25) is 0 Å². The molecule has 0 bridgehead atoms. The van der Waals surface area contributed by atoms with Crippen LogP contribution >= 0.6 is 0 Å². The number of fused-ring (bicyclic) bond motifs is 1. The summed E-state index contributed by atoms with van der Waals surface area (Å²) in [4.78, 5) is 6.79. The van der Waals surface area contributed by atoms with Crippen LogP contribution in [-0.2, 0) is 13.0 Å². The van der Waals surface area contributed by atoms with Crippen molar-refractivity contribution in [3.05, 3.63) is 17.7 Å². The van der Waals surface area contributed by atoms with Crippen molar-refractivity contribution in [3.63, 3.8) is 0 Å². The molecule has 4 heteroatoms. The Hall–Kier alpha value is -0.870. The lowest BCUT2D eigenvalue weighted by Gasteiger charge is -2.19. The summed E-state index contributed by atoms with van der Waals surface area (Å²) < 4.78 is 2.22. The van der Waals surface area contributed by atoms with Crippen molar-refractivity contribution in [2.75, 3.05) is 20.6 Å². The summed E-state index contributed by atoms with van der Waals surface area (Å²) in [5, 5.41) is 0. The molecule has 0 radical (unpaired) electrons. The molecule has 1 unspecified atom stereocenters. The van der Waals surface area contributed by atoms with Gasteiger partial charge in [-0.3, -0.25) is 0 Å². The summed E-state index contributed by atoms with van der Waals surface area (Å²) in [5.41, 5.74) is 7.20. The van der Waals surface area contributed by atoms with E-state index in [1.54, 1.807) is 0 Å². The first-order valence-corrected chi connectivity index (χ1v) is 5.63. The molecule has 15 heavy (non-hydrogen) atoms. The Bertz CT molecular complexity index is 329. The van der Waals surface area contributed by atoms with Gasteiger partial charge in [0.1, 0.15) is 5.82 Å². The van der Waals surface area contributed by atoms with Crippen LogP contribution in [0.4, 0.5) is 0 Å². The summed E-state index contributed by atoms with van der Waals surface area (Å²) in [6.07, 6.45) is 5.43. The first-order valence-electron chi connectivity index (χ1n) is 5.63. The van der Waals surface area contributed by atoms with E-state index in [1.165, 1.54) is 12.1 Å². The van der Waals surface area contributed by atoms with Gasteiger partial charge in [-0.25, -0.2) is 4.98 Å². The molecule has 2 rings (SSSR count). The lowest BCUT2D eigenvalue weighted by atomic mass is 10.1. The van der Waals surface area contributed by atoms with Crippen molar-refractivity contribution >= 4 is 0 Å². The van der Waals surface area contributed by atoms with Crippen molar-refractivity contribution < 1.29 is 0 Å². The fourth-order valence-corrected chi connectivity index (χ4v) is 2.03. The minimum Gasteiger partial charge on any atom is -0.333 e. The zero-order valence-corrected chi connectivity index (χ0v) is 9.61. The molecule has 0 fully saturated rings. The second-order valence-corrected chi connectivity index (χ2v) is 4.59. The fraction of sp³-hybridized carbons (Fsp3) is 0.727. The van der Waals surface area contributed by atoms with Crippen LogP contribution < -0.4 is 5.73 Å². The quantitative estimate of drug-likeness (QED) is 0.798. The molecule has 1 aromatic heterocycles. The van der Waals surface area contributed by atoms with Gasteiger partial charge in [-0.05, 0) is 26.9 Å². The summed E-state index contributed by atoms with van der Waals surface area (Å²) in [6, 6.07) is 0.145. The maximum absolute atomic E-state index is 6.02. The summed E-state index contributed by atoms with van der Waals surface area (Å²) in [6.45, 7) is 2.13. The second kappa shape index (κ2) is 4.33. The molecule has 1 aliphatic heterocycles. The number of hydrogen-bond acceptors (Lipinski definition) is 3. The topological polar surface area (TPSA) is 47.1 Å². The van der Waals surface area contributed by atoms with Crippen LogP contribution in [0.1, 0.15) is 30.4 Å². The largest absolute Gasteiger partial charge is 0.333 e.